The molecular formula is C25H30N4O3S2. The molecular weight excluding hydrogens is 468 g/mol. The number of benzene rings is 2. The van der Waals surface area contributed by atoms with E-state index in [2.05, 4.69) is 5.32 Å². The third-order valence-electron chi connectivity index (χ3n) is 5.83. The molecule has 2 heterocycles. The molecule has 1 amide bonds. The Morgan fingerprint density at radius 1 is 1.06 bits per heavy atom. The van der Waals surface area contributed by atoms with Crippen LogP contribution < -0.4 is 5.32 Å². The van der Waals surface area contributed by atoms with Gasteiger partial charge in [0, 0.05) is 35.7 Å². The lowest BCUT2D eigenvalue weighted by atomic mass is 10.2. The fourth-order valence-corrected chi connectivity index (χ4v) is 6.73. The lowest BCUT2D eigenvalue weighted by Gasteiger charge is -2.21. The number of amides is 1. The van der Waals surface area contributed by atoms with Crippen LogP contribution in [0, 0.1) is 6.92 Å². The summed E-state index contributed by atoms with van der Waals surface area (Å²) in [5.74, 6) is 1.99. The van der Waals surface area contributed by atoms with E-state index in [0.29, 0.717) is 24.5 Å². The average Bonchev–Trinajstić information content (AvgIpc) is 3.42. The second-order valence-corrected chi connectivity index (χ2v) is 11.3. The first-order valence-corrected chi connectivity index (χ1v) is 14.1. The van der Waals surface area contributed by atoms with Crippen LogP contribution in [-0.4, -0.2) is 41.5 Å². The van der Waals surface area contributed by atoms with Crippen molar-refractivity contribution in [3.05, 3.63) is 70.9 Å². The first-order chi connectivity index (χ1) is 16.4. The van der Waals surface area contributed by atoms with Gasteiger partial charge in [-0.25, -0.2) is 13.1 Å². The van der Waals surface area contributed by atoms with E-state index < -0.39 is 10.0 Å². The van der Waals surface area contributed by atoms with E-state index in [1.54, 1.807) is 23.9 Å². The smallest absolute Gasteiger partial charge is 0.256 e. The second-order valence-electron chi connectivity index (χ2n) is 8.35. The fourth-order valence-electron chi connectivity index (χ4n) is 4.07. The quantitative estimate of drug-likeness (QED) is 0.449. The number of sulfonamides is 1. The maximum atomic E-state index is 13.2. The summed E-state index contributed by atoms with van der Waals surface area (Å²) >= 11 is 1.77. The first-order valence-electron chi connectivity index (χ1n) is 11.5. The summed E-state index contributed by atoms with van der Waals surface area (Å²) in [5, 5.41) is 7.81. The number of nitrogens with zero attached hydrogens (tertiary/aromatic N) is 3. The molecule has 3 aromatic rings. The molecule has 9 heteroatoms. The van der Waals surface area contributed by atoms with E-state index in [-0.39, 0.29) is 10.8 Å². The van der Waals surface area contributed by atoms with Crippen LogP contribution in [-0.2, 0) is 21.5 Å². The summed E-state index contributed by atoms with van der Waals surface area (Å²) in [6.07, 6.45) is 1.49. The molecule has 0 fully saturated rings. The van der Waals surface area contributed by atoms with Gasteiger partial charge in [0.05, 0.1) is 16.3 Å². The number of hydrogen-bond donors (Lipinski definition) is 1. The van der Waals surface area contributed by atoms with E-state index in [0.717, 1.165) is 46.9 Å². The predicted octanol–water partition coefficient (Wildman–Crippen LogP) is 4.99. The summed E-state index contributed by atoms with van der Waals surface area (Å²) in [5.41, 5.74) is 4.40. The molecule has 0 atom stereocenters. The van der Waals surface area contributed by atoms with Crippen molar-refractivity contribution in [2.24, 2.45) is 0 Å². The molecule has 7 nitrogen and oxygen atoms in total. The summed E-state index contributed by atoms with van der Waals surface area (Å²) in [7, 11) is -3.59. The standard InChI is InChI=1S/C25H30N4O3S2/c1-4-14-28(15-5-2)34(31,32)20-12-10-19(11-13-20)25(30)26-24-21-16-33-17-22(21)27-29(24)23-9-7-6-8-18(23)3/h6-13H,4-5,14-17H2,1-3H3,(H,26,30). The number of anilines is 1. The van der Waals surface area contributed by atoms with Crippen molar-refractivity contribution < 1.29 is 13.2 Å². The molecule has 2 aromatic carbocycles. The third-order valence-corrected chi connectivity index (χ3v) is 8.71. The Morgan fingerprint density at radius 2 is 1.74 bits per heavy atom. The highest BCUT2D eigenvalue weighted by atomic mass is 32.2. The van der Waals surface area contributed by atoms with Crippen LogP contribution >= 0.6 is 11.8 Å². The normalized spacial score (nSPS) is 13.3. The van der Waals surface area contributed by atoms with Gasteiger partial charge in [0.15, 0.2) is 0 Å². The van der Waals surface area contributed by atoms with Crippen LogP contribution in [0.4, 0.5) is 5.82 Å². The van der Waals surface area contributed by atoms with Gasteiger partial charge < -0.3 is 5.32 Å². The number of fused-ring (bicyclic) bond motifs is 1. The minimum Gasteiger partial charge on any atom is -0.306 e. The van der Waals surface area contributed by atoms with Crippen LogP contribution in [0.5, 0.6) is 0 Å². The van der Waals surface area contributed by atoms with Crippen molar-refractivity contribution in [2.45, 2.75) is 50.0 Å². The van der Waals surface area contributed by atoms with E-state index in [1.807, 2.05) is 49.7 Å². The zero-order valence-electron chi connectivity index (χ0n) is 19.7. The number of aryl methyl sites for hydroxylation is 1. The molecule has 1 aromatic heterocycles. The molecule has 4 rings (SSSR count). The van der Waals surface area contributed by atoms with Crippen LogP contribution in [0.3, 0.4) is 0 Å². The zero-order valence-corrected chi connectivity index (χ0v) is 21.4. The maximum absolute atomic E-state index is 13.2. The lowest BCUT2D eigenvalue weighted by Crippen LogP contribution is -2.32. The molecule has 0 bridgehead atoms. The number of nitrogens with one attached hydrogen (secondary N) is 1. The Bertz CT molecular complexity index is 1280. The molecule has 34 heavy (non-hydrogen) atoms. The maximum Gasteiger partial charge on any atom is 0.256 e. The number of thioether (sulfide) groups is 1. The SMILES string of the molecule is CCCN(CCC)S(=O)(=O)c1ccc(C(=O)Nc2c3c(nn2-c2ccccc2C)CSC3)cc1. The van der Waals surface area contributed by atoms with Crippen molar-refractivity contribution in [2.75, 3.05) is 18.4 Å². The van der Waals surface area contributed by atoms with Crippen molar-refractivity contribution in [1.82, 2.24) is 14.1 Å². The van der Waals surface area contributed by atoms with Gasteiger partial charge in [-0.15, -0.1) is 0 Å². The lowest BCUT2D eigenvalue weighted by molar-refractivity contribution is 0.102. The van der Waals surface area contributed by atoms with Gasteiger partial charge in [0.25, 0.3) is 5.91 Å². The molecule has 0 saturated carbocycles. The van der Waals surface area contributed by atoms with Crippen LogP contribution in [0.2, 0.25) is 0 Å². The Morgan fingerprint density at radius 3 is 2.38 bits per heavy atom. The van der Waals surface area contributed by atoms with Crippen molar-refractivity contribution in [3.63, 3.8) is 0 Å². The van der Waals surface area contributed by atoms with Crippen LogP contribution in [0.25, 0.3) is 5.69 Å². The Labute approximate surface area is 205 Å². The fraction of sp³-hybridized carbons (Fsp3) is 0.360. The van der Waals surface area contributed by atoms with Gasteiger partial charge in [-0.1, -0.05) is 32.0 Å². The molecule has 0 unspecified atom stereocenters. The van der Waals surface area contributed by atoms with Gasteiger partial charge in [-0.05, 0) is 55.7 Å². The molecule has 0 aliphatic carbocycles. The number of carbonyl (C=O) groups excluding carboxylic acids is 1. The molecule has 1 aliphatic heterocycles. The summed E-state index contributed by atoms with van der Waals surface area (Å²) in [4.78, 5) is 13.4. The minimum absolute atomic E-state index is 0.202. The highest BCUT2D eigenvalue weighted by molar-refractivity contribution is 7.98. The summed E-state index contributed by atoms with van der Waals surface area (Å²) in [6.45, 7) is 6.89. The number of hydrogen-bond acceptors (Lipinski definition) is 5. The first kappa shape index (κ1) is 24.5. The Balaban J connectivity index is 1.61. The molecule has 1 aliphatic rings. The van der Waals surface area contributed by atoms with Gasteiger partial charge in [0.2, 0.25) is 10.0 Å². The van der Waals surface area contributed by atoms with E-state index in [9.17, 15) is 13.2 Å². The summed E-state index contributed by atoms with van der Waals surface area (Å²) in [6, 6.07) is 14.1. The third kappa shape index (κ3) is 4.78. The minimum atomic E-state index is -3.59. The van der Waals surface area contributed by atoms with Gasteiger partial charge in [-0.2, -0.15) is 21.2 Å². The van der Waals surface area contributed by atoms with E-state index in [4.69, 9.17) is 5.10 Å². The van der Waals surface area contributed by atoms with Crippen molar-refractivity contribution >= 4 is 33.5 Å². The molecule has 0 radical (unpaired) electrons. The average molecular weight is 499 g/mol. The second kappa shape index (κ2) is 10.3. The number of rotatable bonds is 9. The topological polar surface area (TPSA) is 84.3 Å². The highest BCUT2D eigenvalue weighted by Crippen LogP contribution is 2.36. The highest BCUT2D eigenvalue weighted by Gasteiger charge is 2.26. The van der Waals surface area contributed by atoms with Gasteiger partial charge >= 0.3 is 0 Å². The zero-order chi connectivity index (χ0) is 24.3. The number of carbonyl (C=O) groups is 1. The van der Waals surface area contributed by atoms with Crippen molar-refractivity contribution in [1.29, 1.82) is 0 Å². The molecule has 1 N–H and O–H groups in total. The monoisotopic (exact) mass is 498 g/mol. The Hall–Kier alpha value is -2.62. The summed E-state index contributed by atoms with van der Waals surface area (Å²) < 4.78 is 29.4. The molecule has 0 spiro atoms. The van der Waals surface area contributed by atoms with Crippen LogP contribution in [0.15, 0.2) is 53.4 Å². The molecule has 180 valence electrons. The molecule has 0 saturated heterocycles. The van der Waals surface area contributed by atoms with E-state index >= 15 is 0 Å². The van der Waals surface area contributed by atoms with E-state index in [1.165, 1.54) is 16.4 Å². The number of aromatic nitrogens is 2. The Kier molecular flexibility index (Phi) is 7.45. The van der Waals surface area contributed by atoms with Gasteiger partial charge in [-0.3, -0.25) is 4.79 Å². The van der Waals surface area contributed by atoms with Gasteiger partial charge in [0.1, 0.15) is 5.82 Å². The predicted molar refractivity (Wildman–Crippen MR) is 137 cm³/mol. The van der Waals surface area contributed by atoms with Crippen LogP contribution in [0.1, 0.15) is 53.9 Å². The largest absolute Gasteiger partial charge is 0.306 e. The number of para-hydroxylation sites is 1. The van der Waals surface area contributed by atoms with Crippen molar-refractivity contribution in [3.8, 4) is 5.69 Å².